The van der Waals surface area contributed by atoms with Crippen LogP contribution < -0.4 is 5.73 Å². The van der Waals surface area contributed by atoms with E-state index in [1.165, 1.54) is 23.5 Å². The quantitative estimate of drug-likeness (QED) is 0.864. The van der Waals surface area contributed by atoms with Crippen LogP contribution in [0.2, 0.25) is 0 Å². The topological polar surface area (TPSA) is 46.3 Å². The molecule has 1 aliphatic rings. The Labute approximate surface area is 127 Å². The van der Waals surface area contributed by atoms with Crippen LogP contribution >= 0.6 is 11.3 Å². The second kappa shape index (κ2) is 5.30. The summed E-state index contributed by atoms with van der Waals surface area (Å²) in [7, 11) is 0. The van der Waals surface area contributed by atoms with E-state index in [2.05, 4.69) is 13.8 Å². The summed E-state index contributed by atoms with van der Waals surface area (Å²) < 4.78 is 14.2. The third-order valence-corrected chi connectivity index (χ3v) is 5.49. The first-order chi connectivity index (χ1) is 9.99. The fraction of sp³-hybridized carbons (Fsp3) is 0.438. The number of anilines is 1. The molecule has 2 heterocycles. The number of nitrogen functional groups attached to an aromatic ring is 1. The number of halogens is 1. The molecule has 3 rings (SSSR count). The first kappa shape index (κ1) is 14.3. The van der Waals surface area contributed by atoms with Crippen molar-refractivity contribution in [2.24, 2.45) is 0 Å². The third-order valence-electron chi connectivity index (χ3n) is 4.31. The number of carbonyl (C=O) groups excluding carboxylic acids is 1. The zero-order valence-corrected chi connectivity index (χ0v) is 13.0. The molecule has 21 heavy (non-hydrogen) atoms. The van der Waals surface area contributed by atoms with Gasteiger partial charge in [-0.25, -0.2) is 4.39 Å². The second-order valence-electron chi connectivity index (χ2n) is 5.83. The monoisotopic (exact) mass is 306 g/mol. The van der Waals surface area contributed by atoms with Crippen LogP contribution in [0.15, 0.2) is 18.2 Å². The zero-order valence-electron chi connectivity index (χ0n) is 12.2. The molecule has 3 nitrogen and oxygen atoms in total. The molecule has 1 saturated heterocycles. The summed E-state index contributed by atoms with van der Waals surface area (Å²) in [6.07, 6.45) is 3.20. The summed E-state index contributed by atoms with van der Waals surface area (Å²) in [5.41, 5.74) is 6.51. The van der Waals surface area contributed by atoms with E-state index in [-0.39, 0.29) is 23.8 Å². The Balaban J connectivity index is 2.03. The normalized spacial score (nSPS) is 22.7. The van der Waals surface area contributed by atoms with Gasteiger partial charge in [-0.3, -0.25) is 4.79 Å². The SMILES string of the molecule is CC1CCCC(C)N1C(=O)c1sc2ccc(F)cc2c1N. The number of amides is 1. The molecular formula is C16H19FN2OS. The van der Waals surface area contributed by atoms with Crippen molar-refractivity contribution < 1.29 is 9.18 Å². The third kappa shape index (κ3) is 2.39. The molecule has 2 unspecified atom stereocenters. The molecule has 2 atom stereocenters. The lowest BCUT2D eigenvalue weighted by Crippen LogP contribution is -2.47. The van der Waals surface area contributed by atoms with Gasteiger partial charge in [0.15, 0.2) is 0 Å². The van der Waals surface area contributed by atoms with Gasteiger partial charge in [0.2, 0.25) is 0 Å². The highest BCUT2D eigenvalue weighted by Gasteiger charge is 2.31. The van der Waals surface area contributed by atoms with Crippen LogP contribution in [0.25, 0.3) is 10.1 Å². The maximum Gasteiger partial charge on any atom is 0.266 e. The minimum atomic E-state index is -0.328. The lowest BCUT2D eigenvalue weighted by molar-refractivity contribution is 0.0517. The Hall–Kier alpha value is -1.62. The van der Waals surface area contributed by atoms with Gasteiger partial charge in [-0.2, -0.15) is 0 Å². The van der Waals surface area contributed by atoms with Gasteiger partial charge in [0.05, 0.1) is 5.69 Å². The molecule has 2 N–H and O–H groups in total. The first-order valence-electron chi connectivity index (χ1n) is 7.29. The lowest BCUT2D eigenvalue weighted by Gasteiger charge is -2.38. The number of carbonyl (C=O) groups is 1. The molecule has 0 aliphatic carbocycles. The number of likely N-dealkylation sites (tertiary alicyclic amines) is 1. The molecule has 2 aromatic rings. The molecule has 1 aliphatic heterocycles. The predicted molar refractivity (Wildman–Crippen MR) is 85.1 cm³/mol. The summed E-state index contributed by atoms with van der Waals surface area (Å²) in [6, 6.07) is 4.94. The van der Waals surface area contributed by atoms with Crippen LogP contribution in [0, 0.1) is 5.82 Å². The molecule has 1 aromatic heterocycles. The minimum Gasteiger partial charge on any atom is -0.397 e. The molecule has 0 spiro atoms. The van der Waals surface area contributed by atoms with E-state index >= 15 is 0 Å². The van der Waals surface area contributed by atoms with Gasteiger partial charge in [-0.15, -0.1) is 11.3 Å². The summed E-state index contributed by atoms with van der Waals surface area (Å²) in [5, 5.41) is 0.640. The largest absolute Gasteiger partial charge is 0.397 e. The standard InChI is InChI=1S/C16H19FN2OS/c1-9-4-3-5-10(2)19(9)16(20)15-14(18)12-8-11(17)6-7-13(12)21-15/h6-10H,3-5,18H2,1-2H3. The van der Waals surface area contributed by atoms with Crippen molar-refractivity contribution in [3.63, 3.8) is 0 Å². The van der Waals surface area contributed by atoms with Crippen LogP contribution in [0.4, 0.5) is 10.1 Å². The van der Waals surface area contributed by atoms with E-state index < -0.39 is 0 Å². The van der Waals surface area contributed by atoms with Gasteiger partial charge < -0.3 is 10.6 Å². The van der Waals surface area contributed by atoms with Gasteiger partial charge >= 0.3 is 0 Å². The van der Waals surface area contributed by atoms with E-state index in [0.29, 0.717) is 16.0 Å². The van der Waals surface area contributed by atoms with Gasteiger partial charge in [0.1, 0.15) is 10.7 Å². The average molecular weight is 306 g/mol. The fourth-order valence-corrected chi connectivity index (χ4v) is 4.23. The molecule has 1 fully saturated rings. The van der Waals surface area contributed by atoms with Crippen molar-refractivity contribution in [3.8, 4) is 0 Å². The Bertz CT molecular complexity index is 687. The number of hydrogen-bond acceptors (Lipinski definition) is 3. The average Bonchev–Trinajstić information content (AvgIpc) is 2.76. The maximum atomic E-state index is 13.4. The Kier molecular flexibility index (Phi) is 3.61. The number of thiophene rings is 1. The molecule has 1 aromatic carbocycles. The van der Waals surface area contributed by atoms with Gasteiger partial charge in [-0.05, 0) is 51.3 Å². The molecule has 0 bridgehead atoms. The fourth-order valence-electron chi connectivity index (χ4n) is 3.19. The molecule has 1 amide bonds. The van der Waals surface area contributed by atoms with Crippen molar-refractivity contribution in [1.82, 2.24) is 4.90 Å². The van der Waals surface area contributed by atoms with Crippen molar-refractivity contribution >= 4 is 33.0 Å². The number of piperidine rings is 1. The summed E-state index contributed by atoms with van der Waals surface area (Å²) in [5.74, 6) is -0.348. The number of fused-ring (bicyclic) bond motifs is 1. The smallest absolute Gasteiger partial charge is 0.266 e. The number of rotatable bonds is 1. The Morgan fingerprint density at radius 3 is 2.67 bits per heavy atom. The molecule has 5 heteroatoms. The Morgan fingerprint density at radius 1 is 1.33 bits per heavy atom. The van der Waals surface area contributed by atoms with Crippen LogP contribution in [0.1, 0.15) is 42.8 Å². The van der Waals surface area contributed by atoms with Crippen molar-refractivity contribution in [2.45, 2.75) is 45.2 Å². The lowest BCUT2D eigenvalue weighted by atomic mass is 9.97. The summed E-state index contributed by atoms with van der Waals surface area (Å²) in [4.78, 5) is 15.3. The van der Waals surface area contributed by atoms with E-state index in [0.717, 1.165) is 24.0 Å². The van der Waals surface area contributed by atoms with Crippen LogP contribution in [-0.2, 0) is 0 Å². The Morgan fingerprint density at radius 2 is 2.00 bits per heavy atom. The summed E-state index contributed by atoms with van der Waals surface area (Å²) in [6.45, 7) is 4.16. The van der Waals surface area contributed by atoms with Crippen molar-refractivity contribution in [2.75, 3.05) is 5.73 Å². The summed E-state index contributed by atoms with van der Waals surface area (Å²) >= 11 is 1.36. The van der Waals surface area contributed by atoms with E-state index in [4.69, 9.17) is 5.73 Å². The number of nitrogens with two attached hydrogens (primary N) is 1. The van der Waals surface area contributed by atoms with Crippen LogP contribution in [0.3, 0.4) is 0 Å². The molecule has 0 saturated carbocycles. The van der Waals surface area contributed by atoms with Crippen LogP contribution in [0.5, 0.6) is 0 Å². The first-order valence-corrected chi connectivity index (χ1v) is 8.11. The minimum absolute atomic E-state index is 0.0196. The zero-order chi connectivity index (χ0) is 15.1. The van der Waals surface area contributed by atoms with E-state index in [9.17, 15) is 9.18 Å². The second-order valence-corrected chi connectivity index (χ2v) is 6.88. The van der Waals surface area contributed by atoms with Crippen molar-refractivity contribution in [3.05, 3.63) is 28.9 Å². The van der Waals surface area contributed by atoms with E-state index in [1.54, 1.807) is 6.07 Å². The maximum absolute atomic E-state index is 13.4. The highest BCUT2D eigenvalue weighted by molar-refractivity contribution is 7.21. The van der Waals surface area contributed by atoms with E-state index in [1.807, 2.05) is 4.90 Å². The van der Waals surface area contributed by atoms with Gasteiger partial charge in [0.25, 0.3) is 5.91 Å². The molecular weight excluding hydrogens is 287 g/mol. The van der Waals surface area contributed by atoms with Gasteiger partial charge in [-0.1, -0.05) is 0 Å². The van der Waals surface area contributed by atoms with Crippen LogP contribution in [-0.4, -0.2) is 22.9 Å². The predicted octanol–water partition coefficient (Wildman–Crippen LogP) is 4.03. The highest BCUT2D eigenvalue weighted by atomic mass is 32.1. The number of benzene rings is 1. The van der Waals surface area contributed by atoms with Gasteiger partial charge in [0, 0.05) is 22.2 Å². The molecule has 0 radical (unpaired) electrons. The number of hydrogen-bond donors (Lipinski definition) is 1. The number of nitrogens with zero attached hydrogens (tertiary/aromatic N) is 1. The van der Waals surface area contributed by atoms with Crippen molar-refractivity contribution in [1.29, 1.82) is 0 Å². The highest BCUT2D eigenvalue weighted by Crippen LogP contribution is 2.36. The molecule has 112 valence electrons.